The van der Waals surface area contributed by atoms with Crippen LogP contribution in [-0.4, -0.2) is 29.1 Å². The second kappa shape index (κ2) is 5.59. The molecule has 1 aromatic carbocycles. The van der Waals surface area contributed by atoms with Crippen LogP contribution in [0.15, 0.2) is 36.5 Å². The van der Waals surface area contributed by atoms with Gasteiger partial charge in [0, 0.05) is 30.9 Å². The van der Waals surface area contributed by atoms with Crippen LogP contribution in [0, 0.1) is 6.92 Å². The van der Waals surface area contributed by atoms with Crippen LogP contribution in [0.1, 0.15) is 18.4 Å². The summed E-state index contributed by atoms with van der Waals surface area (Å²) in [7, 11) is 0. The molecule has 0 radical (unpaired) electrons. The molecule has 2 N–H and O–H groups in total. The third kappa shape index (κ3) is 2.65. The number of benzene rings is 1. The fraction of sp³-hybridized carbons (Fsp3) is 0.375. The molecule has 1 aromatic heterocycles. The molecule has 4 heteroatoms. The smallest absolute Gasteiger partial charge is 0.225 e. The van der Waals surface area contributed by atoms with Gasteiger partial charge < -0.3 is 10.6 Å². The summed E-state index contributed by atoms with van der Waals surface area (Å²) in [6.45, 7) is 3.89. The number of hydrogen-bond donors (Lipinski definition) is 1. The lowest BCUT2D eigenvalue weighted by Crippen LogP contribution is -2.43. The summed E-state index contributed by atoms with van der Waals surface area (Å²) >= 11 is 0. The molecule has 1 atom stereocenters. The van der Waals surface area contributed by atoms with Gasteiger partial charge in [-0.3, -0.25) is 0 Å². The quantitative estimate of drug-likeness (QED) is 0.908. The van der Waals surface area contributed by atoms with E-state index in [2.05, 4.69) is 22.0 Å². The first-order chi connectivity index (χ1) is 9.74. The molecule has 104 valence electrons. The first kappa shape index (κ1) is 13.1. The van der Waals surface area contributed by atoms with E-state index in [4.69, 9.17) is 10.7 Å². The lowest BCUT2D eigenvalue weighted by molar-refractivity contribution is 0.500. The van der Waals surface area contributed by atoms with Crippen LogP contribution >= 0.6 is 0 Å². The molecular formula is C16H20N4. The number of nitrogens with zero attached hydrogens (tertiary/aromatic N) is 3. The average molecular weight is 268 g/mol. The number of aromatic nitrogens is 2. The molecule has 0 saturated carbocycles. The fourth-order valence-corrected chi connectivity index (χ4v) is 2.66. The van der Waals surface area contributed by atoms with E-state index in [1.54, 1.807) is 0 Å². The molecule has 1 aliphatic heterocycles. The fourth-order valence-electron chi connectivity index (χ4n) is 2.66. The van der Waals surface area contributed by atoms with Gasteiger partial charge in [-0.05, 0) is 25.3 Å². The van der Waals surface area contributed by atoms with E-state index >= 15 is 0 Å². The molecule has 0 bridgehead atoms. The maximum atomic E-state index is 6.04. The summed E-state index contributed by atoms with van der Waals surface area (Å²) in [6, 6.07) is 10.5. The van der Waals surface area contributed by atoms with Gasteiger partial charge in [0.1, 0.15) is 0 Å². The summed E-state index contributed by atoms with van der Waals surface area (Å²) in [5, 5.41) is 0. The molecule has 1 aliphatic rings. The van der Waals surface area contributed by atoms with Crippen molar-refractivity contribution in [3.8, 4) is 11.3 Å². The lowest BCUT2D eigenvalue weighted by Gasteiger charge is -2.31. The molecule has 3 rings (SSSR count). The Morgan fingerprint density at radius 3 is 2.80 bits per heavy atom. The second-order valence-electron chi connectivity index (χ2n) is 5.42. The SMILES string of the molecule is Cc1cnc(N2CCCC(N)C2)nc1-c1ccccc1. The Balaban J connectivity index is 1.94. The van der Waals surface area contributed by atoms with Crippen molar-refractivity contribution in [1.29, 1.82) is 0 Å². The van der Waals surface area contributed by atoms with Crippen molar-refractivity contribution < 1.29 is 0 Å². The average Bonchev–Trinajstić information content (AvgIpc) is 2.48. The van der Waals surface area contributed by atoms with Gasteiger partial charge in [-0.2, -0.15) is 0 Å². The normalized spacial score (nSPS) is 19.1. The van der Waals surface area contributed by atoms with E-state index in [0.29, 0.717) is 0 Å². The molecule has 0 spiro atoms. The molecule has 2 heterocycles. The van der Waals surface area contributed by atoms with Crippen molar-refractivity contribution in [3.05, 3.63) is 42.1 Å². The van der Waals surface area contributed by atoms with Gasteiger partial charge in [-0.1, -0.05) is 30.3 Å². The third-order valence-electron chi connectivity index (χ3n) is 3.75. The van der Waals surface area contributed by atoms with E-state index < -0.39 is 0 Å². The zero-order valence-electron chi connectivity index (χ0n) is 11.8. The zero-order valence-corrected chi connectivity index (χ0v) is 11.8. The van der Waals surface area contributed by atoms with Crippen molar-refractivity contribution in [2.24, 2.45) is 5.73 Å². The van der Waals surface area contributed by atoms with Gasteiger partial charge in [0.15, 0.2) is 0 Å². The predicted molar refractivity (Wildman–Crippen MR) is 81.6 cm³/mol. The first-order valence-electron chi connectivity index (χ1n) is 7.13. The Morgan fingerprint density at radius 1 is 1.25 bits per heavy atom. The Hall–Kier alpha value is -1.94. The molecule has 4 nitrogen and oxygen atoms in total. The highest BCUT2D eigenvalue weighted by Gasteiger charge is 2.19. The van der Waals surface area contributed by atoms with Crippen LogP contribution in [0.5, 0.6) is 0 Å². The minimum atomic E-state index is 0.230. The van der Waals surface area contributed by atoms with Crippen molar-refractivity contribution in [2.45, 2.75) is 25.8 Å². The van der Waals surface area contributed by atoms with Gasteiger partial charge in [0.05, 0.1) is 5.69 Å². The summed E-state index contributed by atoms with van der Waals surface area (Å²) in [5.74, 6) is 0.796. The largest absolute Gasteiger partial charge is 0.339 e. The van der Waals surface area contributed by atoms with E-state index in [0.717, 1.165) is 48.7 Å². The zero-order chi connectivity index (χ0) is 13.9. The maximum Gasteiger partial charge on any atom is 0.225 e. The summed E-state index contributed by atoms with van der Waals surface area (Å²) < 4.78 is 0. The molecule has 20 heavy (non-hydrogen) atoms. The molecule has 1 unspecified atom stereocenters. The van der Waals surface area contributed by atoms with E-state index in [1.165, 1.54) is 0 Å². The Kier molecular flexibility index (Phi) is 3.65. The second-order valence-corrected chi connectivity index (χ2v) is 5.42. The highest BCUT2D eigenvalue weighted by molar-refractivity contribution is 5.63. The predicted octanol–water partition coefficient (Wildman–Crippen LogP) is 2.38. The van der Waals surface area contributed by atoms with Crippen LogP contribution in [0.3, 0.4) is 0 Å². The van der Waals surface area contributed by atoms with E-state index in [1.807, 2.05) is 31.3 Å². The number of aryl methyl sites for hydroxylation is 1. The van der Waals surface area contributed by atoms with Crippen molar-refractivity contribution in [1.82, 2.24) is 9.97 Å². The van der Waals surface area contributed by atoms with Gasteiger partial charge in [-0.25, -0.2) is 9.97 Å². The number of hydrogen-bond acceptors (Lipinski definition) is 4. The monoisotopic (exact) mass is 268 g/mol. The molecule has 1 saturated heterocycles. The third-order valence-corrected chi connectivity index (χ3v) is 3.75. The Labute approximate surface area is 119 Å². The number of rotatable bonds is 2. The maximum absolute atomic E-state index is 6.04. The molecule has 0 amide bonds. The van der Waals surface area contributed by atoms with Crippen molar-refractivity contribution >= 4 is 5.95 Å². The topological polar surface area (TPSA) is 55.0 Å². The van der Waals surface area contributed by atoms with Crippen LogP contribution in [0.25, 0.3) is 11.3 Å². The van der Waals surface area contributed by atoms with Gasteiger partial charge >= 0.3 is 0 Å². The van der Waals surface area contributed by atoms with Gasteiger partial charge in [-0.15, -0.1) is 0 Å². The molecular weight excluding hydrogens is 248 g/mol. The summed E-state index contributed by atoms with van der Waals surface area (Å²) in [5.41, 5.74) is 9.29. The molecule has 0 aliphatic carbocycles. The Morgan fingerprint density at radius 2 is 2.05 bits per heavy atom. The van der Waals surface area contributed by atoms with E-state index in [9.17, 15) is 0 Å². The minimum absolute atomic E-state index is 0.230. The number of piperidine rings is 1. The highest BCUT2D eigenvalue weighted by Crippen LogP contribution is 2.23. The van der Waals surface area contributed by atoms with Gasteiger partial charge in [0.2, 0.25) is 5.95 Å². The lowest BCUT2D eigenvalue weighted by atomic mass is 10.1. The minimum Gasteiger partial charge on any atom is -0.339 e. The van der Waals surface area contributed by atoms with Crippen molar-refractivity contribution in [3.63, 3.8) is 0 Å². The number of anilines is 1. The molecule has 1 fully saturated rings. The summed E-state index contributed by atoms with van der Waals surface area (Å²) in [6.07, 6.45) is 4.11. The highest BCUT2D eigenvalue weighted by atomic mass is 15.3. The first-order valence-corrected chi connectivity index (χ1v) is 7.13. The van der Waals surface area contributed by atoms with Crippen LogP contribution < -0.4 is 10.6 Å². The Bertz CT molecular complexity index is 582. The van der Waals surface area contributed by atoms with Crippen LogP contribution in [0.4, 0.5) is 5.95 Å². The standard InChI is InChI=1S/C16H20N4/c1-12-10-18-16(20-9-5-8-14(17)11-20)19-15(12)13-6-3-2-4-7-13/h2-4,6-7,10,14H,5,8-9,11,17H2,1H3. The number of nitrogens with two attached hydrogens (primary N) is 1. The molecule has 2 aromatic rings. The van der Waals surface area contributed by atoms with E-state index in [-0.39, 0.29) is 6.04 Å². The summed E-state index contributed by atoms with van der Waals surface area (Å²) in [4.78, 5) is 11.4. The van der Waals surface area contributed by atoms with Crippen LogP contribution in [-0.2, 0) is 0 Å². The van der Waals surface area contributed by atoms with Crippen LogP contribution in [0.2, 0.25) is 0 Å². The van der Waals surface area contributed by atoms with Gasteiger partial charge in [0.25, 0.3) is 0 Å². The van der Waals surface area contributed by atoms with Crippen molar-refractivity contribution in [2.75, 3.05) is 18.0 Å².